The third-order valence-corrected chi connectivity index (χ3v) is 6.85. The smallest absolute Gasteiger partial charge is 0.240 e. The van der Waals surface area contributed by atoms with Gasteiger partial charge >= 0.3 is 0 Å². The maximum Gasteiger partial charge on any atom is 0.240 e. The van der Waals surface area contributed by atoms with E-state index in [1.54, 1.807) is 25.1 Å². The molecule has 1 saturated carbocycles. The number of aliphatic hydroxyl groups excluding tert-OH is 1. The van der Waals surface area contributed by atoms with E-state index in [1.165, 1.54) is 18.3 Å². The first-order chi connectivity index (χ1) is 14.8. The number of rotatable bonds is 9. The molecule has 0 spiro atoms. The maximum atomic E-state index is 12.4. The Hall–Kier alpha value is -2.89. The maximum absolute atomic E-state index is 12.4. The lowest BCUT2D eigenvalue weighted by Crippen LogP contribution is -2.35. The van der Waals surface area contributed by atoms with E-state index in [4.69, 9.17) is 10.3 Å². The van der Waals surface area contributed by atoms with Gasteiger partial charge in [0.1, 0.15) is 0 Å². The van der Waals surface area contributed by atoms with Crippen molar-refractivity contribution in [2.24, 2.45) is 0 Å². The monoisotopic (exact) mass is 444 g/mol. The first kappa shape index (κ1) is 21.3. The van der Waals surface area contributed by atoms with Gasteiger partial charge in [0.05, 0.1) is 23.4 Å². The quantitative estimate of drug-likeness (QED) is 0.446. The molecule has 1 aliphatic carbocycles. The molecule has 11 heteroatoms. The van der Waals surface area contributed by atoms with Crippen molar-refractivity contribution in [1.29, 1.82) is 0 Å². The molecule has 0 radical (unpaired) electrons. The Balaban J connectivity index is 1.52. The van der Waals surface area contributed by atoms with Crippen LogP contribution in [0.4, 0.5) is 5.82 Å². The fourth-order valence-electron chi connectivity index (χ4n) is 3.11. The van der Waals surface area contributed by atoms with E-state index in [0.717, 1.165) is 12.8 Å². The molecular formula is C20H24N6O4S. The number of benzene rings is 1. The standard InChI is InChI=1S/C20H24N6O4S/c1-20(12-27,9-10-23-31(28,29)14-5-3-2-4-6-14)15-11-22-17(21)16(24-15)18-25-19(30-26-18)13-7-8-13/h2-6,11,13,23,27H,7-10,12H2,1H3,(H2,21,22). The van der Waals surface area contributed by atoms with E-state index in [-0.39, 0.29) is 41.8 Å². The summed E-state index contributed by atoms with van der Waals surface area (Å²) in [6.45, 7) is 1.61. The molecule has 10 nitrogen and oxygen atoms in total. The molecule has 0 saturated heterocycles. The second-order valence-corrected chi connectivity index (χ2v) is 9.67. The topological polar surface area (TPSA) is 157 Å². The Morgan fingerprint density at radius 2 is 2.00 bits per heavy atom. The van der Waals surface area contributed by atoms with Gasteiger partial charge in [0.25, 0.3) is 0 Å². The molecule has 1 fully saturated rings. The molecule has 4 rings (SSSR count). The van der Waals surface area contributed by atoms with E-state index in [0.29, 0.717) is 17.5 Å². The summed E-state index contributed by atoms with van der Waals surface area (Å²) < 4.78 is 32.7. The highest BCUT2D eigenvalue weighted by Gasteiger charge is 2.32. The van der Waals surface area contributed by atoms with Crippen LogP contribution >= 0.6 is 0 Å². The predicted molar refractivity (Wildman–Crippen MR) is 112 cm³/mol. The van der Waals surface area contributed by atoms with Crippen LogP contribution in [0.5, 0.6) is 0 Å². The fourth-order valence-corrected chi connectivity index (χ4v) is 4.17. The summed E-state index contributed by atoms with van der Waals surface area (Å²) in [7, 11) is -3.65. The second-order valence-electron chi connectivity index (χ2n) is 7.90. The fraction of sp³-hybridized carbons (Fsp3) is 0.400. The van der Waals surface area contributed by atoms with Crippen molar-refractivity contribution in [3.8, 4) is 11.5 Å². The molecule has 3 aromatic rings. The molecule has 31 heavy (non-hydrogen) atoms. The summed E-state index contributed by atoms with van der Waals surface area (Å²) in [5.41, 5.74) is 5.85. The van der Waals surface area contributed by atoms with E-state index in [1.807, 2.05) is 0 Å². The summed E-state index contributed by atoms with van der Waals surface area (Å²) in [5, 5.41) is 14.0. The van der Waals surface area contributed by atoms with Gasteiger partial charge in [0.2, 0.25) is 21.7 Å². The Morgan fingerprint density at radius 1 is 1.26 bits per heavy atom. The number of nitrogen functional groups attached to an aromatic ring is 1. The Labute approximate surface area is 180 Å². The van der Waals surface area contributed by atoms with Crippen molar-refractivity contribution >= 4 is 15.8 Å². The van der Waals surface area contributed by atoms with E-state index in [9.17, 15) is 13.5 Å². The number of nitrogens with zero attached hydrogens (tertiary/aromatic N) is 4. The van der Waals surface area contributed by atoms with Gasteiger partial charge < -0.3 is 15.4 Å². The summed E-state index contributed by atoms with van der Waals surface area (Å²) in [5.74, 6) is 1.25. The minimum atomic E-state index is -3.65. The molecule has 1 aromatic carbocycles. The van der Waals surface area contributed by atoms with Crippen LogP contribution in [0, 0.1) is 0 Å². The molecule has 1 unspecified atom stereocenters. The van der Waals surface area contributed by atoms with Crippen LogP contribution in [0.1, 0.15) is 43.7 Å². The lowest BCUT2D eigenvalue weighted by Gasteiger charge is -2.27. The van der Waals surface area contributed by atoms with E-state index >= 15 is 0 Å². The minimum absolute atomic E-state index is 0.101. The molecule has 1 atom stereocenters. The number of sulfonamides is 1. The molecule has 1 aliphatic rings. The average molecular weight is 445 g/mol. The molecule has 2 aromatic heterocycles. The third-order valence-electron chi connectivity index (χ3n) is 5.37. The van der Waals surface area contributed by atoms with Gasteiger partial charge in [-0.1, -0.05) is 30.3 Å². The molecule has 4 N–H and O–H groups in total. The van der Waals surface area contributed by atoms with Gasteiger partial charge in [-0.05, 0) is 31.4 Å². The normalized spacial score (nSPS) is 16.2. The van der Waals surface area contributed by atoms with Crippen LogP contribution in [-0.4, -0.2) is 46.8 Å². The molecule has 0 aliphatic heterocycles. The zero-order valence-electron chi connectivity index (χ0n) is 17.0. The summed E-state index contributed by atoms with van der Waals surface area (Å²) in [6, 6.07) is 8.10. The van der Waals surface area contributed by atoms with Crippen LogP contribution < -0.4 is 10.5 Å². The van der Waals surface area contributed by atoms with Crippen molar-refractivity contribution in [3.05, 3.63) is 48.1 Å². The van der Waals surface area contributed by atoms with Gasteiger partial charge in [-0.15, -0.1) is 0 Å². The van der Waals surface area contributed by atoms with E-state index < -0.39 is 15.4 Å². The lowest BCUT2D eigenvalue weighted by molar-refractivity contribution is 0.194. The number of hydrogen-bond acceptors (Lipinski definition) is 9. The molecule has 0 bridgehead atoms. The highest BCUT2D eigenvalue weighted by atomic mass is 32.2. The SMILES string of the molecule is CC(CO)(CCNS(=O)(=O)c1ccccc1)c1cnc(N)c(-c2noc(C3CC3)n2)n1. The largest absolute Gasteiger partial charge is 0.395 e. The summed E-state index contributed by atoms with van der Waals surface area (Å²) >= 11 is 0. The highest BCUT2D eigenvalue weighted by molar-refractivity contribution is 7.89. The van der Waals surface area contributed by atoms with Crippen molar-refractivity contribution in [1.82, 2.24) is 24.8 Å². The van der Waals surface area contributed by atoms with Crippen LogP contribution in [-0.2, 0) is 15.4 Å². The van der Waals surface area contributed by atoms with Gasteiger partial charge in [0, 0.05) is 17.9 Å². The van der Waals surface area contributed by atoms with Gasteiger partial charge in [0.15, 0.2) is 11.5 Å². The average Bonchev–Trinajstić information content (AvgIpc) is 3.51. The number of aromatic nitrogens is 4. The van der Waals surface area contributed by atoms with Crippen LogP contribution in [0.15, 0.2) is 45.9 Å². The van der Waals surface area contributed by atoms with Crippen molar-refractivity contribution < 1.29 is 18.0 Å². The lowest BCUT2D eigenvalue weighted by atomic mass is 9.84. The van der Waals surface area contributed by atoms with E-state index in [2.05, 4.69) is 24.8 Å². The van der Waals surface area contributed by atoms with Gasteiger partial charge in [-0.25, -0.2) is 23.1 Å². The molecule has 2 heterocycles. The zero-order valence-corrected chi connectivity index (χ0v) is 17.8. The van der Waals surface area contributed by atoms with Crippen molar-refractivity contribution in [2.45, 2.75) is 42.4 Å². The van der Waals surface area contributed by atoms with Gasteiger partial charge in [-0.2, -0.15) is 4.98 Å². The van der Waals surface area contributed by atoms with Crippen molar-refractivity contribution in [3.63, 3.8) is 0 Å². The van der Waals surface area contributed by atoms with Crippen LogP contribution in [0.3, 0.4) is 0 Å². The number of nitrogens with one attached hydrogen (secondary N) is 1. The van der Waals surface area contributed by atoms with Gasteiger partial charge in [-0.3, -0.25) is 0 Å². The second kappa shape index (κ2) is 8.33. The van der Waals surface area contributed by atoms with Crippen molar-refractivity contribution in [2.75, 3.05) is 18.9 Å². The summed E-state index contributed by atoms with van der Waals surface area (Å²) in [6.07, 6.45) is 3.80. The minimum Gasteiger partial charge on any atom is -0.395 e. The number of nitrogens with two attached hydrogens (primary N) is 1. The Kier molecular flexibility index (Phi) is 5.73. The highest BCUT2D eigenvalue weighted by Crippen LogP contribution is 2.39. The van der Waals surface area contributed by atoms with Crippen LogP contribution in [0.2, 0.25) is 0 Å². The molecular weight excluding hydrogens is 420 g/mol. The third kappa shape index (κ3) is 4.58. The molecule has 0 amide bonds. The summed E-state index contributed by atoms with van der Waals surface area (Å²) in [4.78, 5) is 13.3. The number of anilines is 1. The first-order valence-corrected chi connectivity index (χ1v) is 11.4. The Bertz CT molecular complexity index is 1160. The predicted octanol–water partition coefficient (Wildman–Crippen LogP) is 1.60. The molecule has 164 valence electrons. The first-order valence-electron chi connectivity index (χ1n) is 9.95. The Morgan fingerprint density at radius 3 is 2.68 bits per heavy atom. The van der Waals surface area contributed by atoms with Crippen LogP contribution in [0.25, 0.3) is 11.5 Å². The number of aliphatic hydroxyl groups is 1. The number of hydrogen-bond donors (Lipinski definition) is 3. The zero-order chi connectivity index (χ0) is 22.1.